The van der Waals surface area contributed by atoms with Crippen LogP contribution in [0.15, 0.2) is 35.3 Å². The Balaban J connectivity index is 1.88. The van der Waals surface area contributed by atoms with E-state index in [0.717, 1.165) is 16.7 Å². The number of anilines is 1. The van der Waals surface area contributed by atoms with Gasteiger partial charge in [0, 0.05) is 42.5 Å². The molecule has 1 atom stereocenters. The number of nitrogens with two attached hydrogens (primary N) is 1. The van der Waals surface area contributed by atoms with E-state index in [1.807, 2.05) is 32.0 Å². The summed E-state index contributed by atoms with van der Waals surface area (Å²) >= 11 is 0. The van der Waals surface area contributed by atoms with Gasteiger partial charge in [0.25, 0.3) is 0 Å². The minimum absolute atomic E-state index is 0.134. The first-order valence-corrected chi connectivity index (χ1v) is 10.4. The standard InChI is InChI=1S/C23H22N8O2/c1-12-5-6-15-16(7-12)13(2)33-19-8-14(10-26-21(19)25)20-17(27-29(3)18(20)9-24)11-31-22(15)28-30(4)23(31)32/h5-8,10,13H,11H2,1-4H3,(H2,25,26)/t13-/m1/s1. The third-order valence-corrected chi connectivity index (χ3v) is 5.90. The van der Waals surface area contributed by atoms with Gasteiger partial charge >= 0.3 is 5.69 Å². The van der Waals surface area contributed by atoms with Crippen molar-refractivity contribution in [2.45, 2.75) is 26.5 Å². The molecule has 3 aromatic heterocycles. The van der Waals surface area contributed by atoms with Gasteiger partial charge in [0.2, 0.25) is 0 Å². The molecule has 0 saturated carbocycles. The summed E-state index contributed by atoms with van der Waals surface area (Å²) in [5.74, 6) is 1.15. The Morgan fingerprint density at radius 3 is 2.76 bits per heavy atom. The molecule has 33 heavy (non-hydrogen) atoms. The van der Waals surface area contributed by atoms with Crippen molar-refractivity contribution in [3.8, 4) is 34.3 Å². The van der Waals surface area contributed by atoms with Gasteiger partial charge in [-0.2, -0.15) is 10.4 Å². The molecule has 10 nitrogen and oxygen atoms in total. The van der Waals surface area contributed by atoms with Crippen molar-refractivity contribution >= 4 is 5.82 Å². The molecule has 0 aliphatic carbocycles. The molecule has 2 bridgehead atoms. The fourth-order valence-electron chi connectivity index (χ4n) is 4.28. The number of pyridine rings is 1. The molecule has 0 unspecified atom stereocenters. The summed E-state index contributed by atoms with van der Waals surface area (Å²) in [7, 11) is 3.31. The SMILES string of the molecule is Cc1ccc2c(c1)[C@@H](C)Oc1cc(cnc1N)-c1c(nn(C)c1C#N)Cn1c-2nn(C)c1=O. The summed E-state index contributed by atoms with van der Waals surface area (Å²) < 4.78 is 10.6. The zero-order valence-electron chi connectivity index (χ0n) is 18.7. The van der Waals surface area contributed by atoms with Crippen LogP contribution in [0, 0.1) is 18.3 Å². The van der Waals surface area contributed by atoms with Crippen molar-refractivity contribution in [2.75, 3.05) is 5.73 Å². The van der Waals surface area contributed by atoms with E-state index in [2.05, 4.69) is 21.3 Å². The predicted octanol–water partition coefficient (Wildman–Crippen LogP) is 2.31. The van der Waals surface area contributed by atoms with Crippen molar-refractivity contribution in [2.24, 2.45) is 14.1 Å². The second kappa shape index (κ2) is 7.34. The predicted molar refractivity (Wildman–Crippen MR) is 121 cm³/mol. The highest BCUT2D eigenvalue weighted by Gasteiger charge is 2.26. The summed E-state index contributed by atoms with van der Waals surface area (Å²) in [6, 6.07) is 9.90. The average molecular weight is 442 g/mol. The molecule has 4 heterocycles. The van der Waals surface area contributed by atoms with Crippen molar-refractivity contribution in [1.29, 1.82) is 5.26 Å². The van der Waals surface area contributed by atoms with Crippen LogP contribution in [0.4, 0.5) is 5.82 Å². The molecular formula is C23H22N8O2. The van der Waals surface area contributed by atoms with Gasteiger partial charge in [0.1, 0.15) is 17.9 Å². The lowest BCUT2D eigenvalue weighted by atomic mass is 9.99. The molecule has 2 N–H and O–H groups in total. The Kier molecular flexibility index (Phi) is 4.56. The van der Waals surface area contributed by atoms with E-state index in [1.165, 1.54) is 9.36 Å². The number of benzene rings is 1. The Bertz CT molecular complexity index is 1520. The number of hydrogen-bond acceptors (Lipinski definition) is 7. The highest BCUT2D eigenvalue weighted by molar-refractivity contribution is 5.74. The van der Waals surface area contributed by atoms with Crippen LogP contribution in [0.25, 0.3) is 22.5 Å². The third-order valence-electron chi connectivity index (χ3n) is 5.90. The topological polar surface area (TPSA) is 130 Å². The molecule has 0 radical (unpaired) electrons. The highest BCUT2D eigenvalue weighted by atomic mass is 16.5. The van der Waals surface area contributed by atoms with E-state index in [-0.39, 0.29) is 18.1 Å². The number of nitriles is 1. The van der Waals surface area contributed by atoms with Crippen molar-refractivity contribution in [1.82, 2.24) is 29.1 Å². The maximum Gasteiger partial charge on any atom is 0.346 e. The van der Waals surface area contributed by atoms with Crippen molar-refractivity contribution < 1.29 is 4.74 Å². The monoisotopic (exact) mass is 442 g/mol. The van der Waals surface area contributed by atoms with Gasteiger partial charge in [-0.05, 0) is 19.9 Å². The molecule has 0 amide bonds. The van der Waals surface area contributed by atoms with Crippen LogP contribution in [0.5, 0.6) is 5.75 Å². The molecule has 1 aliphatic rings. The van der Waals surface area contributed by atoms with Gasteiger partial charge in [0.05, 0.1) is 12.2 Å². The van der Waals surface area contributed by atoms with Crippen molar-refractivity contribution in [3.63, 3.8) is 0 Å². The van der Waals surface area contributed by atoms with Crippen LogP contribution >= 0.6 is 0 Å². The normalized spacial score (nSPS) is 14.7. The molecule has 1 aromatic carbocycles. The van der Waals surface area contributed by atoms with E-state index < -0.39 is 6.10 Å². The zero-order valence-corrected chi connectivity index (χ0v) is 18.7. The van der Waals surface area contributed by atoms with Crippen LogP contribution in [0.2, 0.25) is 0 Å². The number of aryl methyl sites for hydroxylation is 3. The molecule has 0 saturated heterocycles. The van der Waals surface area contributed by atoms with Gasteiger partial charge < -0.3 is 10.5 Å². The van der Waals surface area contributed by atoms with E-state index in [0.29, 0.717) is 34.1 Å². The van der Waals surface area contributed by atoms with Crippen molar-refractivity contribution in [3.05, 3.63) is 63.5 Å². The van der Waals surface area contributed by atoms with E-state index in [4.69, 9.17) is 10.5 Å². The molecule has 4 aromatic rings. The highest BCUT2D eigenvalue weighted by Crippen LogP contribution is 2.37. The van der Waals surface area contributed by atoms with E-state index >= 15 is 0 Å². The summed E-state index contributed by atoms with van der Waals surface area (Å²) in [5.41, 5.74) is 10.6. The van der Waals surface area contributed by atoms with Crippen LogP contribution in [-0.4, -0.2) is 29.1 Å². The Hall–Kier alpha value is -4.39. The van der Waals surface area contributed by atoms with Gasteiger partial charge in [-0.15, -0.1) is 5.10 Å². The smallest absolute Gasteiger partial charge is 0.346 e. The lowest BCUT2D eigenvalue weighted by Gasteiger charge is -2.21. The maximum absolute atomic E-state index is 13.1. The number of aromatic nitrogens is 6. The maximum atomic E-state index is 13.1. The fraction of sp³-hybridized carbons (Fsp3) is 0.261. The minimum Gasteiger partial charge on any atom is -0.482 e. The molecule has 5 rings (SSSR count). The lowest BCUT2D eigenvalue weighted by molar-refractivity contribution is 0.228. The quantitative estimate of drug-likeness (QED) is 0.442. The molecule has 0 spiro atoms. The fourth-order valence-corrected chi connectivity index (χ4v) is 4.28. The summed E-state index contributed by atoms with van der Waals surface area (Å²) in [4.78, 5) is 17.4. The molecule has 1 aliphatic heterocycles. The van der Waals surface area contributed by atoms with E-state index in [9.17, 15) is 10.1 Å². The largest absolute Gasteiger partial charge is 0.482 e. The van der Waals surface area contributed by atoms with Gasteiger partial charge in [0.15, 0.2) is 17.4 Å². The first kappa shape index (κ1) is 20.5. The Morgan fingerprint density at radius 2 is 2.00 bits per heavy atom. The summed E-state index contributed by atoms with van der Waals surface area (Å²) in [6.45, 7) is 4.04. The minimum atomic E-state index is -0.409. The lowest BCUT2D eigenvalue weighted by Crippen LogP contribution is -2.24. The molecule has 10 heteroatoms. The van der Waals surface area contributed by atoms with Crippen LogP contribution in [0.1, 0.15) is 35.5 Å². The Labute approximate surface area is 189 Å². The van der Waals surface area contributed by atoms with Crippen LogP contribution in [0.3, 0.4) is 0 Å². The number of fused-ring (bicyclic) bond motifs is 7. The first-order valence-electron chi connectivity index (χ1n) is 10.4. The number of nitrogen functional groups attached to an aromatic ring is 1. The van der Waals surface area contributed by atoms with E-state index in [1.54, 1.807) is 30.9 Å². The van der Waals surface area contributed by atoms with Gasteiger partial charge in [-0.25, -0.2) is 14.5 Å². The van der Waals surface area contributed by atoms with Crippen LogP contribution < -0.4 is 16.2 Å². The second-order valence-corrected chi connectivity index (χ2v) is 8.18. The Morgan fingerprint density at radius 1 is 1.21 bits per heavy atom. The summed E-state index contributed by atoms with van der Waals surface area (Å²) in [5, 5.41) is 18.9. The zero-order chi connectivity index (χ0) is 23.4. The molecular weight excluding hydrogens is 420 g/mol. The summed E-state index contributed by atoms with van der Waals surface area (Å²) in [6.07, 6.45) is 1.18. The molecule has 166 valence electrons. The number of ether oxygens (including phenoxy) is 1. The molecule has 0 fully saturated rings. The number of nitrogens with zero attached hydrogens (tertiary/aromatic N) is 7. The average Bonchev–Trinajstić information content (AvgIpc) is 3.25. The third kappa shape index (κ3) is 3.17. The van der Waals surface area contributed by atoms with Gasteiger partial charge in [-0.3, -0.25) is 9.25 Å². The number of rotatable bonds is 0. The first-order chi connectivity index (χ1) is 15.8. The number of hydrogen-bond donors (Lipinski definition) is 1. The van der Waals surface area contributed by atoms with Gasteiger partial charge in [-0.1, -0.05) is 23.8 Å². The van der Waals surface area contributed by atoms with Crippen LogP contribution in [-0.2, 0) is 20.6 Å². The second-order valence-electron chi connectivity index (χ2n) is 8.18.